The van der Waals surface area contributed by atoms with Crippen LogP contribution in [0.3, 0.4) is 0 Å². The van der Waals surface area contributed by atoms with Crippen molar-refractivity contribution in [2.75, 3.05) is 66.6 Å². The van der Waals surface area contributed by atoms with Crippen molar-refractivity contribution < 1.29 is 23.5 Å². The first-order valence-electron chi connectivity index (χ1n) is 23.7. The molecule has 0 radical (unpaired) electrons. The summed E-state index contributed by atoms with van der Waals surface area (Å²) in [5.74, 6) is 0.981. The smallest absolute Gasteiger partial charge is 0.317 e. The van der Waals surface area contributed by atoms with Crippen molar-refractivity contribution in [2.45, 2.75) is 160 Å². The summed E-state index contributed by atoms with van der Waals surface area (Å²) in [5.41, 5.74) is 0.0118. The maximum atomic E-state index is 14.5. The molecule has 2 saturated carbocycles. The molecule has 2 aliphatic heterocycles. The van der Waals surface area contributed by atoms with Crippen LogP contribution in [0.2, 0.25) is 0 Å². The molecule has 0 bridgehead atoms. The molecule has 5 amide bonds. The Hall–Kier alpha value is -2.96. The summed E-state index contributed by atoms with van der Waals surface area (Å²) in [6.07, 6.45) is 23.0. The molecule has 2 saturated heterocycles. The summed E-state index contributed by atoms with van der Waals surface area (Å²) in [6.45, 7) is 9.52. The van der Waals surface area contributed by atoms with Gasteiger partial charge in [-0.1, -0.05) is 76.3 Å². The first-order chi connectivity index (χ1) is 28.7. The molecule has 336 valence electrons. The van der Waals surface area contributed by atoms with Gasteiger partial charge in [-0.05, 0) is 115 Å². The van der Waals surface area contributed by atoms with E-state index in [1.54, 1.807) is 12.1 Å². The monoisotopic (exact) mass is 828 g/mol. The molecule has 12 heteroatoms. The van der Waals surface area contributed by atoms with Crippen LogP contribution in [-0.2, 0) is 15.1 Å². The van der Waals surface area contributed by atoms with Gasteiger partial charge in [-0.2, -0.15) is 0 Å². The third kappa shape index (κ3) is 16.8. The molecule has 0 unspecified atom stereocenters. The highest BCUT2D eigenvalue weighted by Crippen LogP contribution is 2.40. The van der Waals surface area contributed by atoms with E-state index in [-0.39, 0.29) is 41.8 Å². The second-order valence-electron chi connectivity index (χ2n) is 18.0. The molecule has 1 aromatic rings. The van der Waals surface area contributed by atoms with Gasteiger partial charge in [0.2, 0.25) is 5.91 Å². The zero-order chi connectivity index (χ0) is 42.3. The number of nitrogens with zero attached hydrogens (tertiary/aromatic N) is 2. The number of likely N-dealkylation sites (N-methyl/N-ethyl adjacent to an activating group) is 2. The number of hydrogen-bond donors (Lipinski definition) is 5. The quantitative estimate of drug-likeness (QED) is 0.0899. The number of amides is 5. The lowest BCUT2D eigenvalue weighted by Crippen LogP contribution is -2.58. The van der Waals surface area contributed by atoms with E-state index in [0.717, 1.165) is 89.0 Å². The summed E-state index contributed by atoms with van der Waals surface area (Å²) in [4.78, 5) is 42.4. The zero-order valence-electron chi connectivity index (χ0n) is 37.4. The summed E-state index contributed by atoms with van der Waals surface area (Å²) in [6, 6.07) is 7.10. The number of benzene rings is 1. The lowest BCUT2D eigenvalue weighted by molar-refractivity contribution is -0.122. The van der Waals surface area contributed by atoms with Crippen LogP contribution < -0.4 is 26.6 Å². The van der Waals surface area contributed by atoms with Crippen molar-refractivity contribution in [1.82, 2.24) is 36.4 Å². The molecular formula is C47H82FN7O4. The lowest BCUT2D eigenvalue weighted by atomic mass is 9.71. The fourth-order valence-corrected chi connectivity index (χ4v) is 10.4. The molecule has 0 spiro atoms. The minimum atomic E-state index is -0.758. The van der Waals surface area contributed by atoms with E-state index in [1.807, 2.05) is 36.9 Å². The molecule has 2 aliphatic carbocycles. The average Bonchev–Trinajstić information content (AvgIpc) is 3.24. The Morgan fingerprint density at radius 1 is 0.763 bits per heavy atom. The van der Waals surface area contributed by atoms with Crippen LogP contribution in [0.5, 0.6) is 0 Å². The zero-order valence-corrected chi connectivity index (χ0v) is 37.4. The van der Waals surface area contributed by atoms with Crippen LogP contribution in [0.1, 0.15) is 148 Å². The van der Waals surface area contributed by atoms with Gasteiger partial charge in [0.05, 0.1) is 5.54 Å². The fraction of sp³-hybridized carbons (Fsp3) is 0.809. The lowest BCUT2D eigenvalue weighted by Gasteiger charge is -2.46. The van der Waals surface area contributed by atoms with E-state index in [2.05, 4.69) is 26.6 Å². The van der Waals surface area contributed by atoms with Gasteiger partial charge in [0.15, 0.2) is 0 Å². The molecule has 0 aromatic heterocycles. The number of carbonyl (C=O) groups is 3. The average molecular weight is 828 g/mol. The van der Waals surface area contributed by atoms with Gasteiger partial charge in [0.1, 0.15) is 5.82 Å². The number of unbranched alkanes of at least 4 members (excludes halogenated alkanes) is 1. The Balaban J connectivity index is 0.000000321. The van der Waals surface area contributed by atoms with Crippen molar-refractivity contribution in [1.29, 1.82) is 0 Å². The molecule has 11 nitrogen and oxygen atoms in total. The number of ether oxygens (including phenoxy) is 1. The highest BCUT2D eigenvalue weighted by Gasteiger charge is 2.44. The molecule has 4 fully saturated rings. The molecular weight excluding hydrogens is 746 g/mol. The maximum Gasteiger partial charge on any atom is 0.317 e. The van der Waals surface area contributed by atoms with Crippen LogP contribution in [0.15, 0.2) is 24.3 Å². The number of likely N-dealkylation sites (tertiary alicyclic amines) is 2. The van der Waals surface area contributed by atoms with Gasteiger partial charge in [0, 0.05) is 77.4 Å². The predicted molar refractivity (Wildman–Crippen MR) is 237 cm³/mol. The van der Waals surface area contributed by atoms with Gasteiger partial charge in [-0.15, -0.1) is 0 Å². The Bertz CT molecular complexity index is 1350. The Morgan fingerprint density at radius 2 is 1.32 bits per heavy atom. The Morgan fingerprint density at radius 3 is 1.86 bits per heavy atom. The Labute approximate surface area is 356 Å². The first kappa shape index (κ1) is 48.7. The standard InChI is InChI=1S/C31H51FN4O3.C16H31N3O/c1-4-39-19-9-8-17-31(35-24(2)37,26-14-10-16-28(32)21-26)27-15-11-18-36(23-27)30(38)34-29(22-33-3)20-25-12-6-5-7-13-25;1-17-13-15(12-14-8-4-2-5-9-14)18-16(20)19-10-6-3-7-11-19/h10,14,16,21,25,27,29,33H,4-9,11-13,15,17-20,22-23H2,1-3H3,(H,34,38)(H,35,37);14-15,17H,2-13H2,1H3,(H,18,20)/t27-,29+,31-;15-/m10/s1. The van der Waals surface area contributed by atoms with Gasteiger partial charge < -0.3 is 41.1 Å². The molecule has 1 aromatic carbocycles. The second-order valence-corrected chi connectivity index (χ2v) is 18.0. The normalized spacial score (nSPS) is 21.3. The van der Waals surface area contributed by atoms with Crippen LogP contribution in [0.25, 0.3) is 0 Å². The number of nitrogens with one attached hydrogen (secondary N) is 5. The van der Waals surface area contributed by atoms with E-state index in [4.69, 9.17) is 4.74 Å². The largest absolute Gasteiger partial charge is 0.382 e. The highest BCUT2D eigenvalue weighted by atomic mass is 19.1. The summed E-state index contributed by atoms with van der Waals surface area (Å²) in [7, 11) is 3.91. The summed E-state index contributed by atoms with van der Waals surface area (Å²) in [5, 5.41) is 16.3. The van der Waals surface area contributed by atoms with Crippen molar-refractivity contribution in [3.63, 3.8) is 0 Å². The second kappa shape index (κ2) is 27.1. The number of piperidine rings is 2. The van der Waals surface area contributed by atoms with Crippen molar-refractivity contribution in [3.05, 3.63) is 35.6 Å². The maximum absolute atomic E-state index is 14.5. The van der Waals surface area contributed by atoms with Gasteiger partial charge in [0.25, 0.3) is 0 Å². The number of carbonyl (C=O) groups excluding carboxylic acids is 3. The predicted octanol–water partition coefficient (Wildman–Crippen LogP) is 8.08. The number of hydrogen-bond acceptors (Lipinski definition) is 6. The van der Waals surface area contributed by atoms with Crippen molar-refractivity contribution in [2.24, 2.45) is 17.8 Å². The molecule has 4 aliphatic rings. The summed E-state index contributed by atoms with van der Waals surface area (Å²) >= 11 is 0. The van der Waals surface area contributed by atoms with Crippen molar-refractivity contribution >= 4 is 18.0 Å². The highest BCUT2D eigenvalue weighted by molar-refractivity contribution is 5.76. The topological polar surface area (TPSA) is 127 Å². The Kier molecular flexibility index (Phi) is 22.4. The number of urea groups is 2. The minimum absolute atomic E-state index is 0.0316. The molecule has 5 N–H and O–H groups in total. The van der Waals surface area contributed by atoms with Crippen LogP contribution in [-0.4, -0.2) is 106 Å². The van der Waals surface area contributed by atoms with Gasteiger partial charge in [-0.3, -0.25) is 4.79 Å². The van der Waals surface area contributed by atoms with Gasteiger partial charge >= 0.3 is 12.1 Å². The van der Waals surface area contributed by atoms with E-state index in [0.29, 0.717) is 38.6 Å². The molecule has 5 rings (SSSR count). The van der Waals surface area contributed by atoms with E-state index >= 15 is 0 Å². The number of rotatable bonds is 19. The molecule has 59 heavy (non-hydrogen) atoms. The van der Waals surface area contributed by atoms with E-state index in [9.17, 15) is 18.8 Å². The van der Waals surface area contributed by atoms with Crippen LogP contribution in [0, 0.1) is 23.6 Å². The fourth-order valence-electron chi connectivity index (χ4n) is 10.4. The molecule has 2 heterocycles. The third-order valence-electron chi connectivity index (χ3n) is 13.3. The summed E-state index contributed by atoms with van der Waals surface area (Å²) < 4.78 is 20.0. The van der Waals surface area contributed by atoms with Crippen LogP contribution >= 0.6 is 0 Å². The SMILES string of the molecule is CCOCCCC[C@@](NC(C)=O)(c1cccc(F)c1)[C@@H]1CCCN(C(=O)N[C@H](CNC)CC2CCCCC2)C1.CNC[C@H](CC1CCCCC1)NC(=O)N1CCCCC1. The van der Waals surface area contributed by atoms with E-state index in [1.165, 1.54) is 83.6 Å². The van der Waals surface area contributed by atoms with Crippen LogP contribution in [0.4, 0.5) is 14.0 Å². The van der Waals surface area contributed by atoms with Gasteiger partial charge in [-0.25, -0.2) is 14.0 Å². The first-order valence-corrected chi connectivity index (χ1v) is 23.7. The number of halogens is 1. The molecule has 4 atom stereocenters. The van der Waals surface area contributed by atoms with Crippen molar-refractivity contribution in [3.8, 4) is 0 Å². The minimum Gasteiger partial charge on any atom is -0.382 e. The van der Waals surface area contributed by atoms with E-state index < -0.39 is 5.54 Å². The third-order valence-corrected chi connectivity index (χ3v) is 13.3.